The number of nitrogens with zero attached hydrogens (tertiary/aromatic N) is 2. The highest BCUT2D eigenvalue weighted by Crippen LogP contribution is 2.33. The lowest BCUT2D eigenvalue weighted by molar-refractivity contribution is 0.0922. The number of halogens is 1. The molecule has 4 aromatic rings. The van der Waals surface area contributed by atoms with Crippen LogP contribution in [0.5, 0.6) is 5.75 Å². The molecule has 4 rings (SSSR count). The average molecular weight is 439 g/mol. The zero-order chi connectivity index (χ0) is 19.7. The van der Waals surface area contributed by atoms with Crippen LogP contribution in [0.2, 0.25) is 0 Å². The standard InChI is InChI=1S/C23H23BrN2O2/c1-15(2)23-25-19-9-5-6-10-20(19)26(23)13-17(27)14-28-21-12-11-16-7-3-4-8-18(16)22(21)24/h3-12,15,17,27H,13-14H2,1-2H3. The van der Waals surface area contributed by atoms with Crippen molar-refractivity contribution >= 4 is 37.7 Å². The molecule has 144 valence electrons. The highest BCUT2D eigenvalue weighted by atomic mass is 79.9. The third kappa shape index (κ3) is 3.64. The molecular weight excluding hydrogens is 416 g/mol. The lowest BCUT2D eigenvalue weighted by Gasteiger charge is -2.17. The monoisotopic (exact) mass is 438 g/mol. The molecule has 0 spiro atoms. The number of aliphatic hydroxyl groups is 1. The molecule has 0 saturated carbocycles. The van der Waals surface area contributed by atoms with E-state index < -0.39 is 6.10 Å². The molecule has 1 unspecified atom stereocenters. The molecule has 3 aromatic carbocycles. The van der Waals surface area contributed by atoms with Crippen molar-refractivity contribution in [3.63, 3.8) is 0 Å². The van der Waals surface area contributed by atoms with Gasteiger partial charge >= 0.3 is 0 Å². The van der Waals surface area contributed by atoms with Crippen molar-refractivity contribution in [1.29, 1.82) is 0 Å². The summed E-state index contributed by atoms with van der Waals surface area (Å²) in [7, 11) is 0. The van der Waals surface area contributed by atoms with E-state index in [4.69, 9.17) is 9.72 Å². The van der Waals surface area contributed by atoms with Gasteiger partial charge in [0.05, 0.1) is 22.1 Å². The number of para-hydroxylation sites is 2. The van der Waals surface area contributed by atoms with Crippen molar-refractivity contribution in [3.8, 4) is 5.75 Å². The number of aliphatic hydroxyl groups excluding tert-OH is 1. The quantitative estimate of drug-likeness (QED) is 0.431. The highest BCUT2D eigenvalue weighted by molar-refractivity contribution is 9.10. The van der Waals surface area contributed by atoms with Crippen LogP contribution >= 0.6 is 15.9 Å². The molecule has 0 aliphatic carbocycles. The Morgan fingerprint density at radius 1 is 1.04 bits per heavy atom. The minimum atomic E-state index is -0.645. The van der Waals surface area contributed by atoms with Gasteiger partial charge < -0.3 is 14.4 Å². The van der Waals surface area contributed by atoms with Crippen LogP contribution in [0.3, 0.4) is 0 Å². The molecule has 0 aliphatic heterocycles. The Bertz CT molecular complexity index is 1120. The molecule has 0 amide bonds. The molecule has 0 saturated heterocycles. The first-order valence-electron chi connectivity index (χ1n) is 9.48. The van der Waals surface area contributed by atoms with Crippen LogP contribution in [-0.2, 0) is 6.54 Å². The van der Waals surface area contributed by atoms with Crippen LogP contribution in [0, 0.1) is 0 Å². The topological polar surface area (TPSA) is 47.3 Å². The molecule has 0 bridgehead atoms. The van der Waals surface area contributed by atoms with E-state index in [-0.39, 0.29) is 12.5 Å². The van der Waals surface area contributed by atoms with E-state index >= 15 is 0 Å². The van der Waals surface area contributed by atoms with E-state index in [9.17, 15) is 5.11 Å². The maximum Gasteiger partial charge on any atom is 0.134 e. The summed E-state index contributed by atoms with van der Waals surface area (Å²) in [5.74, 6) is 1.99. The molecular formula is C23H23BrN2O2. The Balaban J connectivity index is 1.53. The summed E-state index contributed by atoms with van der Waals surface area (Å²) in [6.45, 7) is 4.89. The normalized spacial score (nSPS) is 12.8. The minimum Gasteiger partial charge on any atom is -0.490 e. The predicted molar refractivity (Wildman–Crippen MR) is 117 cm³/mol. The third-order valence-electron chi connectivity index (χ3n) is 4.85. The van der Waals surface area contributed by atoms with Crippen LogP contribution in [-0.4, -0.2) is 27.4 Å². The van der Waals surface area contributed by atoms with E-state index in [2.05, 4.69) is 46.5 Å². The molecule has 4 nitrogen and oxygen atoms in total. The van der Waals surface area contributed by atoms with E-state index in [0.717, 1.165) is 37.9 Å². The second-order valence-electron chi connectivity index (χ2n) is 7.29. The number of rotatable bonds is 6. The fourth-order valence-corrected chi connectivity index (χ4v) is 4.11. The number of hydrogen-bond acceptors (Lipinski definition) is 3. The van der Waals surface area contributed by atoms with E-state index in [1.165, 1.54) is 0 Å². The van der Waals surface area contributed by atoms with Gasteiger partial charge in [-0.1, -0.05) is 56.3 Å². The Kier molecular flexibility index (Phi) is 5.38. The number of hydrogen-bond donors (Lipinski definition) is 1. The number of imidazole rings is 1. The first kappa shape index (κ1) is 19.0. The Hall–Kier alpha value is -2.37. The van der Waals surface area contributed by atoms with Crippen molar-refractivity contribution in [2.45, 2.75) is 32.4 Å². The Morgan fingerprint density at radius 3 is 2.61 bits per heavy atom. The summed E-state index contributed by atoms with van der Waals surface area (Å²) in [6.07, 6.45) is -0.645. The van der Waals surface area contributed by atoms with Gasteiger partial charge in [-0.25, -0.2) is 4.98 Å². The van der Waals surface area contributed by atoms with Crippen LogP contribution in [0.4, 0.5) is 0 Å². The van der Waals surface area contributed by atoms with Crippen molar-refractivity contribution < 1.29 is 9.84 Å². The van der Waals surface area contributed by atoms with Gasteiger partial charge in [-0.3, -0.25) is 0 Å². The fourth-order valence-electron chi connectivity index (χ4n) is 3.50. The van der Waals surface area contributed by atoms with Crippen LogP contribution in [0.1, 0.15) is 25.6 Å². The van der Waals surface area contributed by atoms with Gasteiger partial charge in [-0.05, 0) is 44.9 Å². The SMILES string of the molecule is CC(C)c1nc2ccccc2n1CC(O)COc1ccc2ccccc2c1Br. The van der Waals surface area contributed by atoms with Crippen molar-refractivity contribution in [2.24, 2.45) is 0 Å². The molecule has 1 heterocycles. The second-order valence-corrected chi connectivity index (χ2v) is 8.08. The van der Waals surface area contributed by atoms with Gasteiger partial charge in [0.1, 0.15) is 24.3 Å². The zero-order valence-electron chi connectivity index (χ0n) is 16.0. The van der Waals surface area contributed by atoms with Crippen LogP contribution in [0.25, 0.3) is 21.8 Å². The molecule has 5 heteroatoms. The lowest BCUT2D eigenvalue weighted by Crippen LogP contribution is -2.25. The van der Waals surface area contributed by atoms with Gasteiger partial charge in [0, 0.05) is 5.92 Å². The highest BCUT2D eigenvalue weighted by Gasteiger charge is 2.17. The maximum atomic E-state index is 10.7. The maximum absolute atomic E-state index is 10.7. The van der Waals surface area contributed by atoms with Gasteiger partial charge in [0.25, 0.3) is 0 Å². The van der Waals surface area contributed by atoms with Crippen molar-refractivity contribution in [2.75, 3.05) is 6.61 Å². The minimum absolute atomic E-state index is 0.209. The lowest BCUT2D eigenvalue weighted by atomic mass is 10.1. The van der Waals surface area contributed by atoms with E-state index in [1.807, 2.05) is 48.5 Å². The molecule has 1 aromatic heterocycles. The number of fused-ring (bicyclic) bond motifs is 2. The van der Waals surface area contributed by atoms with Crippen molar-refractivity contribution in [1.82, 2.24) is 9.55 Å². The summed E-state index contributed by atoms with van der Waals surface area (Å²) in [5.41, 5.74) is 1.99. The molecule has 1 N–H and O–H groups in total. The largest absolute Gasteiger partial charge is 0.490 e. The number of aromatic nitrogens is 2. The number of benzene rings is 3. The Labute approximate surface area is 172 Å². The van der Waals surface area contributed by atoms with Crippen molar-refractivity contribution in [3.05, 3.63) is 71.0 Å². The molecule has 0 fully saturated rings. The first-order valence-corrected chi connectivity index (χ1v) is 10.3. The van der Waals surface area contributed by atoms with E-state index in [0.29, 0.717) is 6.54 Å². The second kappa shape index (κ2) is 7.94. The summed E-state index contributed by atoms with van der Waals surface area (Å²) in [4.78, 5) is 4.74. The van der Waals surface area contributed by atoms with Crippen LogP contribution < -0.4 is 4.74 Å². The summed E-state index contributed by atoms with van der Waals surface area (Å²) < 4.78 is 8.95. The first-order chi connectivity index (χ1) is 13.5. The van der Waals surface area contributed by atoms with Crippen LogP contribution in [0.15, 0.2) is 65.1 Å². The smallest absolute Gasteiger partial charge is 0.134 e. The van der Waals surface area contributed by atoms with Gasteiger partial charge in [0.15, 0.2) is 0 Å². The molecule has 28 heavy (non-hydrogen) atoms. The zero-order valence-corrected chi connectivity index (χ0v) is 17.6. The van der Waals surface area contributed by atoms with Gasteiger partial charge in [-0.15, -0.1) is 0 Å². The summed E-state index contributed by atoms with van der Waals surface area (Å²) in [5, 5.41) is 12.9. The van der Waals surface area contributed by atoms with Gasteiger partial charge in [-0.2, -0.15) is 0 Å². The molecule has 0 aliphatic rings. The summed E-state index contributed by atoms with van der Waals surface area (Å²) >= 11 is 3.63. The fraction of sp³-hybridized carbons (Fsp3) is 0.261. The third-order valence-corrected chi connectivity index (χ3v) is 5.67. The summed E-state index contributed by atoms with van der Waals surface area (Å²) in [6, 6.07) is 20.1. The molecule has 1 atom stereocenters. The molecule has 0 radical (unpaired) electrons. The predicted octanol–water partition coefficient (Wildman–Crippen LogP) is 5.52. The van der Waals surface area contributed by atoms with E-state index in [1.54, 1.807) is 0 Å². The Morgan fingerprint density at radius 2 is 1.79 bits per heavy atom. The number of ether oxygens (including phenoxy) is 1. The average Bonchev–Trinajstić information content (AvgIpc) is 3.06. The van der Waals surface area contributed by atoms with Gasteiger partial charge in [0.2, 0.25) is 0 Å².